The molecule has 2 heterocycles. The number of pyridine rings is 1. The van der Waals surface area contributed by atoms with Crippen molar-refractivity contribution in [3.05, 3.63) is 36.4 Å². The number of carbonyl (C=O) groups is 2. The van der Waals surface area contributed by atoms with E-state index in [2.05, 4.69) is 20.5 Å². The topological polar surface area (TPSA) is 129 Å². The van der Waals surface area contributed by atoms with E-state index in [-0.39, 0.29) is 18.2 Å². The van der Waals surface area contributed by atoms with Crippen LogP contribution in [0.1, 0.15) is 38.5 Å². The number of hydrogen-bond acceptors (Lipinski definition) is 6. The molecule has 2 aromatic heterocycles. The number of hydrogen-bond donors (Lipinski definition) is 4. The number of fused-ring (bicyclic) bond motifs is 1. The van der Waals surface area contributed by atoms with Crippen molar-refractivity contribution in [1.29, 1.82) is 0 Å². The van der Waals surface area contributed by atoms with E-state index in [1.165, 1.54) is 0 Å². The van der Waals surface area contributed by atoms with Gasteiger partial charge in [-0.25, -0.2) is 10.5 Å². The Morgan fingerprint density at radius 2 is 1.70 bits per heavy atom. The molecule has 9 nitrogen and oxygen atoms in total. The summed E-state index contributed by atoms with van der Waals surface area (Å²) in [5.74, 6) is 0.739. The second kappa shape index (κ2) is 10.4. The van der Waals surface area contributed by atoms with Crippen LogP contribution >= 0.6 is 0 Å². The average Bonchev–Trinajstić information content (AvgIpc) is 3.17. The van der Waals surface area contributed by atoms with Crippen LogP contribution in [0, 0.1) is 0 Å². The van der Waals surface area contributed by atoms with Crippen molar-refractivity contribution in [3.8, 4) is 17.0 Å². The Labute approximate surface area is 173 Å². The Bertz CT molecular complexity index is 1000. The number of aromatic amines is 1. The SMILES string of the molecule is COc1ccc(-c2ccc3c(NC(=O)CCCCCCC(=O)NO)n[nH]c3n2)cc1. The molecule has 0 unspecified atom stereocenters. The van der Waals surface area contributed by atoms with Crippen LogP contribution in [0.25, 0.3) is 22.3 Å². The molecule has 30 heavy (non-hydrogen) atoms. The number of hydroxylamine groups is 1. The molecule has 0 fully saturated rings. The molecular formula is C21H25N5O4. The number of methoxy groups -OCH3 is 1. The standard InChI is InChI=1S/C21H25N5O4/c1-30-15-10-8-14(9-11-15)17-13-12-16-20(22-17)24-25-21(16)23-18(27)6-4-2-3-5-7-19(28)26-29/h8-13,29H,2-7H2,1H3,(H,26,28)(H2,22,23,24,25,27). The quantitative estimate of drug-likeness (QED) is 0.230. The molecule has 0 aliphatic carbocycles. The molecule has 2 amide bonds. The van der Waals surface area contributed by atoms with Crippen molar-refractivity contribution >= 4 is 28.7 Å². The maximum Gasteiger partial charge on any atom is 0.243 e. The summed E-state index contributed by atoms with van der Waals surface area (Å²) in [5.41, 5.74) is 3.95. The summed E-state index contributed by atoms with van der Waals surface area (Å²) in [6.45, 7) is 0. The summed E-state index contributed by atoms with van der Waals surface area (Å²) in [6, 6.07) is 11.4. The van der Waals surface area contributed by atoms with Gasteiger partial charge in [0.2, 0.25) is 11.8 Å². The summed E-state index contributed by atoms with van der Waals surface area (Å²) >= 11 is 0. The van der Waals surface area contributed by atoms with E-state index in [1.54, 1.807) is 12.6 Å². The van der Waals surface area contributed by atoms with E-state index in [0.29, 0.717) is 24.3 Å². The fourth-order valence-corrected chi connectivity index (χ4v) is 3.10. The van der Waals surface area contributed by atoms with Gasteiger partial charge in [-0.15, -0.1) is 0 Å². The summed E-state index contributed by atoms with van der Waals surface area (Å²) in [4.78, 5) is 27.7. The molecule has 9 heteroatoms. The molecule has 3 aromatic rings. The number of anilines is 1. The van der Waals surface area contributed by atoms with Gasteiger partial charge in [0, 0.05) is 18.4 Å². The smallest absolute Gasteiger partial charge is 0.243 e. The molecule has 4 N–H and O–H groups in total. The van der Waals surface area contributed by atoms with Crippen LogP contribution in [0.3, 0.4) is 0 Å². The highest BCUT2D eigenvalue weighted by Crippen LogP contribution is 2.25. The molecule has 0 saturated carbocycles. The van der Waals surface area contributed by atoms with E-state index in [9.17, 15) is 9.59 Å². The first-order valence-electron chi connectivity index (χ1n) is 9.83. The van der Waals surface area contributed by atoms with Crippen molar-refractivity contribution < 1.29 is 19.5 Å². The normalized spacial score (nSPS) is 10.7. The van der Waals surface area contributed by atoms with Gasteiger partial charge in [-0.3, -0.25) is 19.9 Å². The molecule has 0 atom stereocenters. The summed E-state index contributed by atoms with van der Waals surface area (Å²) in [6.07, 6.45) is 3.71. The van der Waals surface area contributed by atoms with Crippen molar-refractivity contribution in [1.82, 2.24) is 20.7 Å². The second-order valence-corrected chi connectivity index (χ2v) is 6.89. The highest BCUT2D eigenvalue weighted by molar-refractivity contribution is 5.99. The third-order valence-corrected chi connectivity index (χ3v) is 4.75. The molecule has 0 aliphatic heterocycles. The maximum absolute atomic E-state index is 12.2. The molecule has 0 bridgehead atoms. The van der Waals surface area contributed by atoms with Gasteiger partial charge in [-0.1, -0.05) is 12.8 Å². The minimum atomic E-state index is -0.387. The molecule has 1 aromatic carbocycles. The zero-order valence-electron chi connectivity index (χ0n) is 16.8. The number of H-pyrrole nitrogens is 1. The predicted molar refractivity (Wildman–Crippen MR) is 112 cm³/mol. The number of aromatic nitrogens is 3. The summed E-state index contributed by atoms with van der Waals surface area (Å²) < 4.78 is 5.17. The van der Waals surface area contributed by atoms with E-state index >= 15 is 0 Å². The van der Waals surface area contributed by atoms with Crippen LogP contribution in [-0.4, -0.2) is 39.3 Å². The number of ether oxygens (including phenoxy) is 1. The van der Waals surface area contributed by atoms with Crippen LogP contribution in [0.4, 0.5) is 5.82 Å². The van der Waals surface area contributed by atoms with Crippen LogP contribution < -0.4 is 15.5 Å². The minimum absolute atomic E-state index is 0.115. The van der Waals surface area contributed by atoms with Crippen molar-refractivity contribution in [2.24, 2.45) is 0 Å². The van der Waals surface area contributed by atoms with E-state index in [4.69, 9.17) is 9.94 Å². The minimum Gasteiger partial charge on any atom is -0.497 e. The number of benzene rings is 1. The predicted octanol–water partition coefficient (Wildman–Crippen LogP) is 3.42. The lowest BCUT2D eigenvalue weighted by atomic mass is 10.1. The van der Waals surface area contributed by atoms with Gasteiger partial charge >= 0.3 is 0 Å². The fourth-order valence-electron chi connectivity index (χ4n) is 3.10. The highest BCUT2D eigenvalue weighted by Gasteiger charge is 2.11. The van der Waals surface area contributed by atoms with Crippen LogP contribution in [-0.2, 0) is 9.59 Å². The maximum atomic E-state index is 12.2. The van der Waals surface area contributed by atoms with Crippen LogP contribution in [0.2, 0.25) is 0 Å². The van der Waals surface area contributed by atoms with Gasteiger partial charge in [0.15, 0.2) is 11.5 Å². The van der Waals surface area contributed by atoms with Gasteiger partial charge in [0.25, 0.3) is 0 Å². The summed E-state index contributed by atoms with van der Waals surface area (Å²) in [5, 5.41) is 19.0. The van der Waals surface area contributed by atoms with E-state index in [1.807, 2.05) is 36.4 Å². The Morgan fingerprint density at radius 1 is 1.00 bits per heavy atom. The zero-order valence-corrected chi connectivity index (χ0v) is 16.8. The number of nitrogens with zero attached hydrogens (tertiary/aromatic N) is 2. The molecule has 0 spiro atoms. The lowest BCUT2D eigenvalue weighted by Crippen LogP contribution is -2.17. The molecule has 0 radical (unpaired) electrons. The van der Waals surface area contributed by atoms with Gasteiger partial charge in [0.1, 0.15) is 5.75 Å². The van der Waals surface area contributed by atoms with Crippen molar-refractivity contribution in [3.63, 3.8) is 0 Å². The van der Waals surface area contributed by atoms with Crippen LogP contribution in [0.15, 0.2) is 36.4 Å². The average molecular weight is 411 g/mol. The number of carbonyl (C=O) groups excluding carboxylic acids is 2. The lowest BCUT2D eigenvalue weighted by Gasteiger charge is -2.04. The molecule has 0 saturated heterocycles. The fraction of sp³-hybridized carbons (Fsp3) is 0.333. The Kier molecular flexibility index (Phi) is 7.34. The van der Waals surface area contributed by atoms with Crippen LogP contribution in [0.5, 0.6) is 5.75 Å². The number of rotatable bonds is 10. The van der Waals surface area contributed by atoms with Crippen molar-refractivity contribution in [2.75, 3.05) is 12.4 Å². The van der Waals surface area contributed by atoms with Gasteiger partial charge in [-0.2, -0.15) is 5.10 Å². The molecule has 0 aliphatic rings. The first-order valence-corrected chi connectivity index (χ1v) is 9.83. The molecular weight excluding hydrogens is 386 g/mol. The highest BCUT2D eigenvalue weighted by atomic mass is 16.5. The van der Waals surface area contributed by atoms with Gasteiger partial charge in [0.05, 0.1) is 18.2 Å². The molecule has 3 rings (SSSR count). The third-order valence-electron chi connectivity index (χ3n) is 4.75. The molecule has 158 valence electrons. The number of nitrogens with one attached hydrogen (secondary N) is 3. The largest absolute Gasteiger partial charge is 0.497 e. The first kappa shape index (κ1) is 21.3. The Morgan fingerprint density at radius 3 is 2.37 bits per heavy atom. The summed E-state index contributed by atoms with van der Waals surface area (Å²) in [7, 11) is 1.62. The number of amides is 2. The van der Waals surface area contributed by atoms with Crippen molar-refractivity contribution in [2.45, 2.75) is 38.5 Å². The number of unbranched alkanes of at least 4 members (excludes halogenated alkanes) is 3. The lowest BCUT2D eigenvalue weighted by molar-refractivity contribution is -0.129. The Hall–Kier alpha value is -3.46. The van der Waals surface area contributed by atoms with E-state index < -0.39 is 0 Å². The zero-order chi connectivity index (χ0) is 21.3. The first-order chi connectivity index (χ1) is 14.6. The van der Waals surface area contributed by atoms with Gasteiger partial charge < -0.3 is 10.1 Å². The van der Waals surface area contributed by atoms with E-state index in [0.717, 1.165) is 41.7 Å². The second-order valence-electron chi connectivity index (χ2n) is 6.89. The monoisotopic (exact) mass is 411 g/mol. The van der Waals surface area contributed by atoms with Gasteiger partial charge in [-0.05, 0) is 49.2 Å². The third kappa shape index (κ3) is 5.54. The Balaban J connectivity index is 1.52.